The van der Waals surface area contributed by atoms with Crippen molar-refractivity contribution in [3.8, 4) is 0 Å². The van der Waals surface area contributed by atoms with Crippen molar-refractivity contribution >= 4 is 22.8 Å². The van der Waals surface area contributed by atoms with Crippen LogP contribution >= 0.6 is 0 Å². The molecular formula is C12H14N4O. The summed E-state index contributed by atoms with van der Waals surface area (Å²) in [5.74, 6) is 0.823. The van der Waals surface area contributed by atoms with Crippen molar-refractivity contribution in [2.24, 2.45) is 13.0 Å². The van der Waals surface area contributed by atoms with Crippen molar-refractivity contribution < 1.29 is 4.79 Å². The third-order valence-corrected chi connectivity index (χ3v) is 3.03. The standard InChI is InChI=1S/C12H14N4O/c1-7-5-9-10(13-6-16(9)2)11(14-7)15-12(17)8-3-4-8/h5-6,8H,3-4H2,1-2H3,(H,14,15,17). The second-order valence-electron chi connectivity index (χ2n) is 4.60. The molecule has 17 heavy (non-hydrogen) atoms. The third-order valence-electron chi connectivity index (χ3n) is 3.03. The predicted octanol–water partition coefficient (Wildman–Crippen LogP) is 1.63. The lowest BCUT2D eigenvalue weighted by atomic mass is 10.3. The Morgan fingerprint density at radius 1 is 1.53 bits per heavy atom. The molecule has 5 heteroatoms. The van der Waals surface area contributed by atoms with E-state index in [1.807, 2.05) is 24.6 Å². The molecule has 88 valence electrons. The van der Waals surface area contributed by atoms with Crippen LogP contribution in [0.5, 0.6) is 0 Å². The maximum Gasteiger partial charge on any atom is 0.228 e. The molecule has 0 bridgehead atoms. The third kappa shape index (κ3) is 1.77. The fourth-order valence-electron chi connectivity index (χ4n) is 1.90. The van der Waals surface area contributed by atoms with Gasteiger partial charge < -0.3 is 9.88 Å². The van der Waals surface area contributed by atoms with Crippen LogP contribution in [0.25, 0.3) is 11.0 Å². The summed E-state index contributed by atoms with van der Waals surface area (Å²) in [5.41, 5.74) is 2.63. The molecule has 1 N–H and O–H groups in total. The molecule has 0 aromatic carbocycles. The molecule has 5 nitrogen and oxygen atoms in total. The number of pyridine rings is 1. The molecule has 2 aromatic rings. The minimum Gasteiger partial charge on any atom is -0.334 e. The van der Waals surface area contributed by atoms with Crippen molar-refractivity contribution in [1.29, 1.82) is 0 Å². The Bertz CT molecular complexity index is 598. The number of nitrogens with one attached hydrogen (secondary N) is 1. The lowest BCUT2D eigenvalue weighted by Crippen LogP contribution is -2.15. The van der Waals surface area contributed by atoms with Crippen molar-refractivity contribution in [3.05, 3.63) is 18.1 Å². The summed E-state index contributed by atoms with van der Waals surface area (Å²) in [6, 6.07) is 1.97. The monoisotopic (exact) mass is 230 g/mol. The zero-order chi connectivity index (χ0) is 12.0. The van der Waals surface area contributed by atoms with Gasteiger partial charge in [0.1, 0.15) is 5.52 Å². The minimum absolute atomic E-state index is 0.0649. The molecule has 0 atom stereocenters. The van der Waals surface area contributed by atoms with Gasteiger partial charge >= 0.3 is 0 Å². The summed E-state index contributed by atoms with van der Waals surface area (Å²) in [7, 11) is 1.93. The van der Waals surface area contributed by atoms with Crippen LogP contribution in [0.15, 0.2) is 12.4 Å². The molecule has 1 aliphatic carbocycles. The minimum atomic E-state index is 0.0649. The molecule has 1 fully saturated rings. The smallest absolute Gasteiger partial charge is 0.228 e. The summed E-state index contributed by atoms with van der Waals surface area (Å²) in [6.45, 7) is 1.92. The quantitative estimate of drug-likeness (QED) is 0.852. The number of aryl methyl sites for hydroxylation is 2. The molecule has 1 saturated carbocycles. The van der Waals surface area contributed by atoms with Gasteiger partial charge in [-0.15, -0.1) is 0 Å². The Balaban J connectivity index is 2.04. The second-order valence-corrected chi connectivity index (χ2v) is 4.60. The summed E-state index contributed by atoms with van der Waals surface area (Å²) >= 11 is 0. The van der Waals surface area contributed by atoms with Crippen LogP contribution in [-0.4, -0.2) is 20.4 Å². The largest absolute Gasteiger partial charge is 0.334 e. The molecule has 0 saturated heterocycles. The number of aromatic nitrogens is 3. The Morgan fingerprint density at radius 2 is 2.29 bits per heavy atom. The van der Waals surface area contributed by atoms with Gasteiger partial charge in [0, 0.05) is 18.7 Å². The molecule has 0 aliphatic heterocycles. The lowest BCUT2D eigenvalue weighted by molar-refractivity contribution is -0.117. The summed E-state index contributed by atoms with van der Waals surface area (Å²) in [5, 5.41) is 2.88. The number of amides is 1. The van der Waals surface area contributed by atoms with E-state index in [1.165, 1.54) is 0 Å². The number of carbonyl (C=O) groups excluding carboxylic acids is 1. The molecular weight excluding hydrogens is 216 g/mol. The van der Waals surface area contributed by atoms with Gasteiger partial charge in [0.05, 0.1) is 11.8 Å². The molecule has 0 spiro atoms. The van der Waals surface area contributed by atoms with Gasteiger partial charge in [0.2, 0.25) is 5.91 Å². The van der Waals surface area contributed by atoms with E-state index < -0.39 is 0 Å². The van der Waals surface area contributed by atoms with Gasteiger partial charge in [0.25, 0.3) is 0 Å². The first-order valence-corrected chi connectivity index (χ1v) is 5.74. The predicted molar refractivity (Wildman–Crippen MR) is 64.6 cm³/mol. The van der Waals surface area contributed by atoms with Gasteiger partial charge in [-0.3, -0.25) is 4.79 Å². The summed E-state index contributed by atoms with van der Waals surface area (Å²) in [6.07, 6.45) is 3.71. The van der Waals surface area contributed by atoms with Gasteiger partial charge in [-0.25, -0.2) is 9.97 Å². The molecule has 2 heterocycles. The van der Waals surface area contributed by atoms with E-state index in [0.717, 1.165) is 29.6 Å². The maximum absolute atomic E-state index is 11.8. The molecule has 2 aromatic heterocycles. The van der Waals surface area contributed by atoms with Crippen LogP contribution in [0.2, 0.25) is 0 Å². The van der Waals surface area contributed by atoms with Gasteiger partial charge in [-0.05, 0) is 25.8 Å². The molecule has 3 rings (SSSR count). The van der Waals surface area contributed by atoms with Crippen LogP contribution < -0.4 is 5.32 Å². The fraction of sp³-hybridized carbons (Fsp3) is 0.417. The van der Waals surface area contributed by atoms with Gasteiger partial charge in [0.15, 0.2) is 5.82 Å². The highest BCUT2D eigenvalue weighted by atomic mass is 16.2. The first-order valence-electron chi connectivity index (χ1n) is 5.74. The normalized spacial score (nSPS) is 15.2. The van der Waals surface area contributed by atoms with Crippen LogP contribution in [0.4, 0.5) is 5.82 Å². The number of imidazole rings is 1. The molecule has 0 unspecified atom stereocenters. The number of hydrogen-bond donors (Lipinski definition) is 1. The van der Waals surface area contributed by atoms with E-state index in [9.17, 15) is 4.79 Å². The van der Waals surface area contributed by atoms with Crippen LogP contribution in [0, 0.1) is 12.8 Å². The highest BCUT2D eigenvalue weighted by Gasteiger charge is 2.30. The number of fused-ring (bicyclic) bond motifs is 1. The lowest BCUT2D eigenvalue weighted by Gasteiger charge is -2.05. The first kappa shape index (κ1) is 10.3. The first-order chi connectivity index (χ1) is 8.15. The van der Waals surface area contributed by atoms with E-state index in [1.54, 1.807) is 6.33 Å². The number of hydrogen-bond acceptors (Lipinski definition) is 3. The maximum atomic E-state index is 11.8. The molecule has 0 radical (unpaired) electrons. The Hall–Kier alpha value is -1.91. The van der Waals surface area contributed by atoms with Crippen molar-refractivity contribution in [2.75, 3.05) is 5.32 Å². The van der Waals surface area contributed by atoms with Gasteiger partial charge in [-0.2, -0.15) is 0 Å². The number of nitrogens with zero attached hydrogens (tertiary/aromatic N) is 3. The fourth-order valence-corrected chi connectivity index (χ4v) is 1.90. The SMILES string of the molecule is Cc1cc2c(ncn2C)c(NC(=O)C2CC2)n1. The summed E-state index contributed by atoms with van der Waals surface area (Å²) in [4.78, 5) is 20.4. The van der Waals surface area contributed by atoms with E-state index in [0.29, 0.717) is 5.82 Å². The zero-order valence-electron chi connectivity index (χ0n) is 9.90. The van der Waals surface area contributed by atoms with Crippen LogP contribution in [-0.2, 0) is 11.8 Å². The Kier molecular flexibility index (Phi) is 2.14. The summed E-state index contributed by atoms with van der Waals surface area (Å²) < 4.78 is 1.93. The van der Waals surface area contributed by atoms with Crippen LogP contribution in [0.1, 0.15) is 18.5 Å². The Morgan fingerprint density at radius 3 is 3.00 bits per heavy atom. The van der Waals surface area contributed by atoms with Gasteiger partial charge in [-0.1, -0.05) is 0 Å². The van der Waals surface area contributed by atoms with Crippen LogP contribution in [0.3, 0.4) is 0 Å². The van der Waals surface area contributed by atoms with Crippen molar-refractivity contribution in [3.63, 3.8) is 0 Å². The molecule has 1 amide bonds. The van der Waals surface area contributed by atoms with E-state index in [-0.39, 0.29) is 11.8 Å². The Labute approximate surface area is 98.9 Å². The van der Waals surface area contributed by atoms with E-state index in [4.69, 9.17) is 0 Å². The molecule has 1 aliphatic rings. The van der Waals surface area contributed by atoms with E-state index >= 15 is 0 Å². The number of anilines is 1. The zero-order valence-corrected chi connectivity index (χ0v) is 9.90. The topological polar surface area (TPSA) is 59.8 Å². The van der Waals surface area contributed by atoms with Crippen molar-refractivity contribution in [2.45, 2.75) is 19.8 Å². The average Bonchev–Trinajstić information content (AvgIpc) is 3.05. The second kappa shape index (κ2) is 3.55. The number of carbonyl (C=O) groups is 1. The average molecular weight is 230 g/mol. The van der Waals surface area contributed by atoms with E-state index in [2.05, 4.69) is 15.3 Å². The number of rotatable bonds is 2. The highest BCUT2D eigenvalue weighted by Crippen LogP contribution is 2.31. The highest BCUT2D eigenvalue weighted by molar-refractivity contribution is 5.99. The van der Waals surface area contributed by atoms with Crippen molar-refractivity contribution in [1.82, 2.24) is 14.5 Å².